The fourth-order valence-electron chi connectivity index (χ4n) is 6.26. The van der Waals surface area contributed by atoms with Gasteiger partial charge in [-0.15, -0.1) is 0 Å². The number of nitrogens with one attached hydrogen (secondary N) is 1. The molecule has 1 aliphatic rings. The van der Waals surface area contributed by atoms with E-state index in [2.05, 4.69) is 5.32 Å². The fourth-order valence-corrected chi connectivity index (χ4v) is 6.26. The Morgan fingerprint density at radius 2 is 1.54 bits per heavy atom. The molecular formula is C37H50N2O9. The normalized spacial score (nSPS) is 16.5. The Morgan fingerprint density at radius 1 is 0.938 bits per heavy atom. The number of hydrogen-bond donors (Lipinski definition) is 2. The predicted molar refractivity (Wildman–Crippen MR) is 180 cm³/mol. The number of esters is 3. The van der Waals surface area contributed by atoms with Crippen molar-refractivity contribution in [3.05, 3.63) is 65.7 Å². The van der Waals surface area contributed by atoms with Crippen molar-refractivity contribution in [2.75, 3.05) is 11.5 Å². The van der Waals surface area contributed by atoms with E-state index in [0.717, 1.165) is 10.5 Å². The molecule has 0 aromatic heterocycles. The average Bonchev–Trinajstić information content (AvgIpc) is 3.13. The second-order valence-electron chi connectivity index (χ2n) is 13.7. The molecule has 262 valence electrons. The summed E-state index contributed by atoms with van der Waals surface area (Å²) in [7, 11) is 0. The summed E-state index contributed by atoms with van der Waals surface area (Å²) in [6.45, 7) is 13.5. The van der Waals surface area contributed by atoms with Gasteiger partial charge in [-0.2, -0.15) is 0 Å². The zero-order valence-corrected chi connectivity index (χ0v) is 29.3. The van der Waals surface area contributed by atoms with Gasteiger partial charge in [0, 0.05) is 0 Å². The molecule has 11 heteroatoms. The summed E-state index contributed by atoms with van der Waals surface area (Å²) in [5.74, 6) is -6.04. The van der Waals surface area contributed by atoms with E-state index in [1.807, 2.05) is 30.3 Å². The van der Waals surface area contributed by atoms with Crippen LogP contribution < -0.4 is 10.2 Å². The minimum Gasteiger partial charge on any atom is -0.477 e. The number of aryl methyl sites for hydroxylation is 2. The van der Waals surface area contributed by atoms with Crippen molar-refractivity contribution >= 4 is 35.5 Å². The molecule has 0 aliphatic carbocycles. The third kappa shape index (κ3) is 8.80. The first-order valence-corrected chi connectivity index (χ1v) is 16.6. The van der Waals surface area contributed by atoms with Crippen molar-refractivity contribution in [1.29, 1.82) is 0 Å². The summed E-state index contributed by atoms with van der Waals surface area (Å²) < 4.78 is 16.7. The topological polar surface area (TPSA) is 149 Å². The quantitative estimate of drug-likeness (QED) is 0.159. The molecule has 1 amide bonds. The smallest absolute Gasteiger partial charge is 0.367 e. The summed E-state index contributed by atoms with van der Waals surface area (Å²) in [6.07, 6.45) is -0.719. The van der Waals surface area contributed by atoms with Gasteiger partial charge < -0.3 is 19.3 Å². The number of aliphatic carboxylic acids is 1. The zero-order chi connectivity index (χ0) is 35.8. The number of ether oxygens (including phenoxy) is 3. The third-order valence-electron chi connectivity index (χ3n) is 8.58. The van der Waals surface area contributed by atoms with Crippen molar-refractivity contribution in [3.8, 4) is 0 Å². The van der Waals surface area contributed by atoms with Gasteiger partial charge >= 0.3 is 23.9 Å². The monoisotopic (exact) mass is 666 g/mol. The van der Waals surface area contributed by atoms with Crippen LogP contribution in [-0.2, 0) is 51.0 Å². The summed E-state index contributed by atoms with van der Waals surface area (Å²) in [5, 5.41) is 13.7. The second-order valence-corrected chi connectivity index (χ2v) is 13.7. The molecule has 0 spiro atoms. The van der Waals surface area contributed by atoms with Crippen LogP contribution >= 0.6 is 0 Å². The lowest BCUT2D eigenvalue weighted by Crippen LogP contribution is -2.59. The standard InChI is InChI=1S/C37H50N2O9/c1-9-46-34(44)37(23(2)3,24(4)5)35(45)47-31(32(41)42)39-29-18-14-13-17-26(29)20-22-27(30(39)40)38-28(33(43)48-36(6,7)8)21-19-25-15-11-10-12-16-25/h10-18,23-24,27-28,31,38H,9,19-22H2,1-8H3,(H,41,42)/t27?,28-,31?/m0/s1. The predicted octanol–water partition coefficient (Wildman–Crippen LogP) is 5.08. The van der Waals surface area contributed by atoms with Crippen LogP contribution in [0.15, 0.2) is 54.6 Å². The van der Waals surface area contributed by atoms with Crippen LogP contribution in [0.1, 0.15) is 79.4 Å². The molecule has 0 saturated heterocycles. The summed E-state index contributed by atoms with van der Waals surface area (Å²) >= 11 is 0. The van der Waals surface area contributed by atoms with Gasteiger partial charge in [0.1, 0.15) is 11.6 Å². The molecule has 0 bridgehead atoms. The lowest BCUT2D eigenvalue weighted by Gasteiger charge is -2.38. The number of para-hydroxylation sites is 1. The van der Waals surface area contributed by atoms with E-state index >= 15 is 0 Å². The first kappa shape index (κ1) is 38.2. The van der Waals surface area contributed by atoms with E-state index in [0.29, 0.717) is 24.8 Å². The van der Waals surface area contributed by atoms with Crippen molar-refractivity contribution in [1.82, 2.24) is 5.32 Å². The van der Waals surface area contributed by atoms with Crippen molar-refractivity contribution in [2.24, 2.45) is 17.3 Å². The molecule has 0 fully saturated rings. The molecule has 0 saturated carbocycles. The first-order valence-electron chi connectivity index (χ1n) is 16.6. The van der Waals surface area contributed by atoms with Gasteiger partial charge in [0.25, 0.3) is 6.23 Å². The number of anilines is 1. The van der Waals surface area contributed by atoms with Gasteiger partial charge in [0.05, 0.1) is 18.3 Å². The minimum atomic E-state index is -2.12. The largest absolute Gasteiger partial charge is 0.477 e. The molecule has 1 aliphatic heterocycles. The maximum atomic E-state index is 14.5. The van der Waals surface area contributed by atoms with Crippen LogP contribution in [0.2, 0.25) is 0 Å². The minimum absolute atomic E-state index is 0.00405. The van der Waals surface area contributed by atoms with Crippen LogP contribution in [-0.4, -0.2) is 65.4 Å². The highest BCUT2D eigenvalue weighted by Gasteiger charge is 2.56. The van der Waals surface area contributed by atoms with E-state index in [1.165, 1.54) is 0 Å². The Bertz CT molecular complexity index is 1440. The third-order valence-corrected chi connectivity index (χ3v) is 8.58. The molecule has 48 heavy (non-hydrogen) atoms. The molecule has 11 nitrogen and oxygen atoms in total. The highest BCUT2D eigenvalue weighted by molar-refractivity contribution is 6.05. The Balaban J connectivity index is 2.05. The van der Waals surface area contributed by atoms with Gasteiger partial charge in [-0.3, -0.25) is 29.4 Å². The molecule has 0 radical (unpaired) electrons. The molecule has 2 aromatic rings. The van der Waals surface area contributed by atoms with Crippen LogP contribution in [0.4, 0.5) is 5.69 Å². The summed E-state index contributed by atoms with van der Waals surface area (Å²) in [4.78, 5) is 69.2. The fraction of sp³-hybridized carbons (Fsp3) is 0.541. The lowest BCUT2D eigenvalue weighted by molar-refractivity contribution is -0.188. The molecule has 1 heterocycles. The van der Waals surface area contributed by atoms with Crippen LogP contribution in [0.5, 0.6) is 0 Å². The van der Waals surface area contributed by atoms with Crippen molar-refractivity contribution < 1.29 is 43.3 Å². The number of carbonyl (C=O) groups is 5. The van der Waals surface area contributed by atoms with E-state index in [4.69, 9.17) is 14.2 Å². The lowest BCUT2D eigenvalue weighted by atomic mass is 9.69. The van der Waals surface area contributed by atoms with Crippen molar-refractivity contribution in [2.45, 2.75) is 105 Å². The number of carboxylic acids is 1. The molecule has 2 N–H and O–H groups in total. The number of carbonyl (C=O) groups excluding carboxylic acids is 4. The zero-order valence-electron chi connectivity index (χ0n) is 29.3. The van der Waals surface area contributed by atoms with Gasteiger partial charge in [-0.25, -0.2) is 4.79 Å². The number of amides is 1. The maximum absolute atomic E-state index is 14.5. The Kier molecular flexibility index (Phi) is 12.9. The number of carboxylic acid groups (broad SMARTS) is 1. The SMILES string of the molecule is CCOC(=O)C(C(=O)OC(C(=O)O)N1C(=O)C(N[C@@H](CCc2ccccc2)C(=O)OC(C)(C)C)CCc2ccccc21)(C(C)C)C(C)C. The average molecular weight is 667 g/mol. The Labute approximate surface area is 283 Å². The van der Waals surface area contributed by atoms with Crippen LogP contribution in [0, 0.1) is 17.3 Å². The molecule has 3 rings (SSSR count). The molecule has 2 unspecified atom stereocenters. The van der Waals surface area contributed by atoms with Crippen molar-refractivity contribution in [3.63, 3.8) is 0 Å². The number of hydrogen-bond acceptors (Lipinski definition) is 9. The number of rotatable bonds is 14. The number of nitrogens with zero attached hydrogens (tertiary/aromatic N) is 1. The maximum Gasteiger partial charge on any atom is 0.367 e. The van der Waals surface area contributed by atoms with Gasteiger partial charge in [0.2, 0.25) is 5.91 Å². The number of benzene rings is 2. The van der Waals surface area contributed by atoms with Gasteiger partial charge in [-0.05, 0) is 82.4 Å². The Morgan fingerprint density at radius 3 is 2.10 bits per heavy atom. The molecule has 2 aromatic carbocycles. The van der Waals surface area contributed by atoms with E-state index in [1.54, 1.807) is 79.7 Å². The number of fused-ring (bicyclic) bond motifs is 1. The van der Waals surface area contributed by atoms with Gasteiger partial charge in [0.15, 0.2) is 5.41 Å². The van der Waals surface area contributed by atoms with E-state index in [-0.39, 0.29) is 18.7 Å². The second kappa shape index (κ2) is 16.2. The van der Waals surface area contributed by atoms with Crippen LogP contribution in [0.3, 0.4) is 0 Å². The van der Waals surface area contributed by atoms with E-state index in [9.17, 15) is 29.1 Å². The molecular weight excluding hydrogens is 616 g/mol. The first-order chi connectivity index (χ1) is 22.5. The highest BCUT2D eigenvalue weighted by atomic mass is 16.6. The van der Waals surface area contributed by atoms with Gasteiger partial charge in [-0.1, -0.05) is 76.2 Å². The summed E-state index contributed by atoms with van der Waals surface area (Å²) in [5.41, 5.74) is -0.733. The summed E-state index contributed by atoms with van der Waals surface area (Å²) in [6, 6.07) is 14.4. The van der Waals surface area contributed by atoms with Crippen LogP contribution in [0.25, 0.3) is 0 Å². The Hall–Kier alpha value is -4.25. The highest BCUT2D eigenvalue weighted by Crippen LogP contribution is 2.40. The van der Waals surface area contributed by atoms with E-state index < -0.39 is 70.9 Å². The molecule has 3 atom stereocenters.